The Morgan fingerprint density at radius 2 is 1.95 bits per heavy atom. The van der Waals surface area contributed by atoms with Crippen LogP contribution >= 0.6 is 0 Å². The van der Waals surface area contributed by atoms with Crippen LogP contribution in [0.25, 0.3) is 0 Å². The molecule has 2 fully saturated rings. The molecule has 0 spiro atoms. The zero-order valence-electron chi connectivity index (χ0n) is 13.8. The van der Waals surface area contributed by atoms with Crippen LogP contribution in [-0.2, 0) is 9.59 Å². The molecule has 0 aromatic carbocycles. The molecule has 4 rings (SSSR count). The van der Waals surface area contributed by atoms with E-state index in [-0.39, 0.29) is 11.3 Å². The van der Waals surface area contributed by atoms with Gasteiger partial charge < -0.3 is 0 Å². The number of fused-ring (bicyclic) bond motifs is 4. The maximum absolute atomic E-state index is 12.1. The molecule has 0 radical (unpaired) electrons. The number of rotatable bonds is 1. The summed E-state index contributed by atoms with van der Waals surface area (Å²) in [7, 11) is 0. The van der Waals surface area contributed by atoms with Gasteiger partial charge in [-0.2, -0.15) is 0 Å². The van der Waals surface area contributed by atoms with Crippen LogP contribution < -0.4 is 0 Å². The molecule has 4 atom stereocenters. The largest absolute Gasteiger partial charge is 0.300 e. The first-order chi connectivity index (χ1) is 10.5. The van der Waals surface area contributed by atoms with E-state index in [1.807, 2.05) is 6.08 Å². The van der Waals surface area contributed by atoms with Crippen LogP contribution in [0.15, 0.2) is 22.8 Å². The lowest BCUT2D eigenvalue weighted by Crippen LogP contribution is -2.41. The first kappa shape index (κ1) is 14.4. The number of hydrogen-bond donors (Lipinski definition) is 0. The van der Waals surface area contributed by atoms with Crippen LogP contribution in [-0.4, -0.2) is 11.6 Å². The molecule has 0 bridgehead atoms. The van der Waals surface area contributed by atoms with Crippen LogP contribution in [0.3, 0.4) is 0 Å². The second-order valence-electron chi connectivity index (χ2n) is 8.14. The molecule has 2 saturated carbocycles. The van der Waals surface area contributed by atoms with E-state index in [2.05, 4.69) is 6.92 Å². The summed E-state index contributed by atoms with van der Waals surface area (Å²) in [5.74, 6) is 2.38. The fourth-order valence-electron chi connectivity index (χ4n) is 6.20. The summed E-state index contributed by atoms with van der Waals surface area (Å²) in [5, 5.41) is 0. The molecule has 118 valence electrons. The van der Waals surface area contributed by atoms with Crippen LogP contribution in [0.1, 0.15) is 65.2 Å². The van der Waals surface area contributed by atoms with Gasteiger partial charge in [0.15, 0.2) is 5.78 Å². The Balaban J connectivity index is 1.72. The zero-order valence-corrected chi connectivity index (χ0v) is 13.8. The average Bonchev–Trinajstić information content (AvgIpc) is 2.84. The summed E-state index contributed by atoms with van der Waals surface area (Å²) >= 11 is 0. The Morgan fingerprint density at radius 1 is 1.14 bits per heavy atom. The number of hydrogen-bond acceptors (Lipinski definition) is 2. The summed E-state index contributed by atoms with van der Waals surface area (Å²) in [5.41, 5.74) is 4.76. The van der Waals surface area contributed by atoms with E-state index in [9.17, 15) is 9.59 Å². The number of ketones is 2. The van der Waals surface area contributed by atoms with Crippen LogP contribution in [0.2, 0.25) is 0 Å². The molecule has 0 amide bonds. The topological polar surface area (TPSA) is 34.1 Å². The van der Waals surface area contributed by atoms with Gasteiger partial charge >= 0.3 is 0 Å². The fraction of sp³-hybridized carbons (Fsp3) is 0.700. The number of carbonyl (C=O) groups excluding carboxylic acids is 2. The Labute approximate surface area is 133 Å². The van der Waals surface area contributed by atoms with E-state index in [0.717, 1.165) is 25.7 Å². The summed E-state index contributed by atoms with van der Waals surface area (Å²) < 4.78 is 0. The molecule has 2 nitrogen and oxygen atoms in total. The Kier molecular flexibility index (Phi) is 3.22. The molecule has 22 heavy (non-hydrogen) atoms. The van der Waals surface area contributed by atoms with Gasteiger partial charge in [0.25, 0.3) is 0 Å². The van der Waals surface area contributed by atoms with E-state index in [1.165, 1.54) is 30.4 Å². The predicted octanol–water partition coefficient (Wildman–Crippen LogP) is 4.40. The number of allylic oxidation sites excluding steroid dienone is 4. The van der Waals surface area contributed by atoms with Crippen molar-refractivity contribution in [2.45, 2.75) is 65.2 Å². The maximum atomic E-state index is 12.1. The minimum absolute atomic E-state index is 0.228. The van der Waals surface area contributed by atoms with Gasteiger partial charge in [0.05, 0.1) is 0 Å². The van der Waals surface area contributed by atoms with Crippen LogP contribution in [0.4, 0.5) is 0 Å². The highest BCUT2D eigenvalue weighted by Crippen LogP contribution is 2.62. The third kappa shape index (κ3) is 1.92. The molecule has 4 aliphatic rings. The lowest BCUT2D eigenvalue weighted by Gasteiger charge is -2.49. The first-order valence-electron chi connectivity index (χ1n) is 8.97. The van der Waals surface area contributed by atoms with E-state index in [0.29, 0.717) is 29.8 Å². The molecule has 0 N–H and O–H groups in total. The highest BCUT2D eigenvalue weighted by molar-refractivity contribution is 5.93. The molecule has 0 heterocycles. The van der Waals surface area contributed by atoms with Gasteiger partial charge in [-0.3, -0.25) is 9.59 Å². The molecule has 0 aromatic rings. The van der Waals surface area contributed by atoms with Crippen molar-refractivity contribution in [1.29, 1.82) is 0 Å². The molecule has 0 unspecified atom stereocenters. The zero-order chi connectivity index (χ0) is 15.5. The highest BCUT2D eigenvalue weighted by atomic mass is 16.1. The van der Waals surface area contributed by atoms with Crippen molar-refractivity contribution >= 4 is 11.6 Å². The minimum Gasteiger partial charge on any atom is -0.300 e. The SMILES string of the molecule is CC(=O)[C@H]1CC[C@H]2[C@@H]3CCC4=CC(=O)CCC4=C3CC[C@]12C. The third-order valence-corrected chi connectivity index (χ3v) is 7.22. The van der Waals surface area contributed by atoms with Crippen molar-refractivity contribution in [3.8, 4) is 0 Å². The molecule has 0 aromatic heterocycles. The lowest BCUT2D eigenvalue weighted by molar-refractivity contribution is -0.125. The molecule has 4 aliphatic carbocycles. The van der Waals surface area contributed by atoms with Gasteiger partial charge in [0.1, 0.15) is 5.78 Å². The third-order valence-electron chi connectivity index (χ3n) is 7.22. The van der Waals surface area contributed by atoms with E-state index in [4.69, 9.17) is 0 Å². The average molecular weight is 298 g/mol. The summed E-state index contributed by atoms with van der Waals surface area (Å²) in [6.07, 6.45) is 10.5. The Morgan fingerprint density at radius 3 is 2.73 bits per heavy atom. The predicted molar refractivity (Wildman–Crippen MR) is 86.3 cm³/mol. The van der Waals surface area contributed by atoms with Gasteiger partial charge in [-0.25, -0.2) is 0 Å². The minimum atomic E-state index is 0.228. The first-order valence-corrected chi connectivity index (χ1v) is 8.97. The van der Waals surface area contributed by atoms with E-state index in [1.54, 1.807) is 12.5 Å². The highest BCUT2D eigenvalue weighted by Gasteiger charge is 2.54. The van der Waals surface area contributed by atoms with Crippen molar-refractivity contribution < 1.29 is 9.59 Å². The van der Waals surface area contributed by atoms with Gasteiger partial charge in [0, 0.05) is 12.3 Å². The lowest BCUT2D eigenvalue weighted by atomic mass is 9.55. The van der Waals surface area contributed by atoms with E-state index < -0.39 is 0 Å². The van der Waals surface area contributed by atoms with Gasteiger partial charge in [-0.05, 0) is 86.3 Å². The second-order valence-corrected chi connectivity index (χ2v) is 8.14. The molecule has 2 heteroatoms. The standard InChI is InChI=1S/C20H26O2/c1-12(21)18-7-8-19-17-5-3-13-11-14(22)4-6-15(13)16(17)9-10-20(18,19)2/h11,17-19H,3-10H2,1-2H3/t17-,18-,19+,20-/m1/s1. The van der Waals surface area contributed by atoms with E-state index >= 15 is 0 Å². The van der Waals surface area contributed by atoms with Crippen molar-refractivity contribution in [3.05, 3.63) is 22.8 Å². The summed E-state index contributed by atoms with van der Waals surface area (Å²) in [6.45, 7) is 4.18. The number of carbonyl (C=O) groups is 2. The quantitative estimate of drug-likeness (QED) is 0.719. The Bertz CT molecular complexity index is 609. The smallest absolute Gasteiger partial charge is 0.156 e. The normalized spacial score (nSPS) is 40.7. The maximum Gasteiger partial charge on any atom is 0.156 e. The second kappa shape index (κ2) is 4.91. The molecular weight excluding hydrogens is 272 g/mol. The van der Waals surface area contributed by atoms with Crippen molar-refractivity contribution in [2.24, 2.45) is 23.2 Å². The monoisotopic (exact) mass is 298 g/mol. The summed E-state index contributed by atoms with van der Waals surface area (Å²) in [6, 6.07) is 0. The van der Waals surface area contributed by atoms with Gasteiger partial charge in [-0.1, -0.05) is 12.5 Å². The molecular formula is C20H26O2. The van der Waals surface area contributed by atoms with Crippen molar-refractivity contribution in [2.75, 3.05) is 0 Å². The Hall–Kier alpha value is -1.18. The van der Waals surface area contributed by atoms with Gasteiger partial charge in [0.2, 0.25) is 0 Å². The van der Waals surface area contributed by atoms with Crippen molar-refractivity contribution in [3.63, 3.8) is 0 Å². The molecule has 0 saturated heterocycles. The number of Topliss-reactive ketones (excluding diaryl/α,β-unsaturated/α-hetero) is 1. The van der Waals surface area contributed by atoms with Gasteiger partial charge in [-0.15, -0.1) is 0 Å². The summed E-state index contributed by atoms with van der Waals surface area (Å²) in [4.78, 5) is 23.8. The fourth-order valence-corrected chi connectivity index (χ4v) is 6.20. The van der Waals surface area contributed by atoms with Crippen LogP contribution in [0, 0.1) is 23.2 Å². The van der Waals surface area contributed by atoms with Crippen molar-refractivity contribution in [1.82, 2.24) is 0 Å². The van der Waals surface area contributed by atoms with Crippen LogP contribution in [0.5, 0.6) is 0 Å². The molecule has 0 aliphatic heterocycles.